The highest BCUT2D eigenvalue weighted by atomic mass is 35.5. The molecule has 0 saturated carbocycles. The number of alkyl halides is 3. The highest BCUT2D eigenvalue weighted by molar-refractivity contribution is 6.30. The summed E-state index contributed by atoms with van der Waals surface area (Å²) in [5.74, 6) is 0.116. The number of nitrogens with one attached hydrogen (secondary N) is 1. The molecule has 3 atom stereocenters. The number of aliphatic imine (C=N–C) groups is 1. The van der Waals surface area contributed by atoms with E-state index in [4.69, 9.17) is 11.6 Å². The van der Waals surface area contributed by atoms with Gasteiger partial charge in [0.1, 0.15) is 0 Å². The smallest absolute Gasteiger partial charge is 0.334 e. The molecule has 0 aromatic heterocycles. The van der Waals surface area contributed by atoms with E-state index in [9.17, 15) is 18.0 Å². The summed E-state index contributed by atoms with van der Waals surface area (Å²) in [6.07, 6.45) is -3.60. The van der Waals surface area contributed by atoms with Gasteiger partial charge in [0.2, 0.25) is 11.9 Å². The fraction of sp³-hybridized carbons (Fsp3) is 0.364. The van der Waals surface area contributed by atoms with E-state index in [1.54, 1.807) is 6.92 Å². The van der Waals surface area contributed by atoms with Gasteiger partial charge in [-0.1, -0.05) is 42.8 Å². The molecule has 30 heavy (non-hydrogen) atoms. The van der Waals surface area contributed by atoms with E-state index >= 15 is 0 Å². The van der Waals surface area contributed by atoms with Crippen molar-refractivity contribution in [2.75, 3.05) is 13.1 Å². The van der Waals surface area contributed by atoms with Crippen molar-refractivity contribution in [3.05, 3.63) is 70.2 Å². The molecule has 4 nitrogen and oxygen atoms in total. The quantitative estimate of drug-likeness (QED) is 0.759. The van der Waals surface area contributed by atoms with Gasteiger partial charge in [0.15, 0.2) is 0 Å². The molecule has 2 heterocycles. The fourth-order valence-electron chi connectivity index (χ4n) is 4.14. The topological polar surface area (TPSA) is 44.7 Å². The van der Waals surface area contributed by atoms with Crippen molar-refractivity contribution in [1.29, 1.82) is 0 Å². The van der Waals surface area contributed by atoms with E-state index in [1.807, 2.05) is 29.2 Å². The second-order valence-corrected chi connectivity index (χ2v) is 8.29. The zero-order valence-electron chi connectivity index (χ0n) is 16.3. The Balaban J connectivity index is 1.59. The Kier molecular flexibility index (Phi) is 5.49. The average molecular weight is 436 g/mol. The molecule has 1 saturated heterocycles. The molecule has 2 aromatic rings. The maximum Gasteiger partial charge on any atom is 0.416 e. The Morgan fingerprint density at radius 2 is 1.80 bits per heavy atom. The molecule has 0 aliphatic carbocycles. The number of halogens is 4. The molecular formula is C22H21ClF3N3O. The van der Waals surface area contributed by atoms with Crippen LogP contribution >= 0.6 is 11.6 Å². The molecule has 4 rings (SSSR count). The summed E-state index contributed by atoms with van der Waals surface area (Å²) >= 11 is 5.96. The molecule has 0 radical (unpaired) electrons. The van der Waals surface area contributed by atoms with Crippen molar-refractivity contribution in [3.63, 3.8) is 0 Å². The Morgan fingerprint density at radius 1 is 1.13 bits per heavy atom. The standard InChI is InChI=1S/C22H21ClF3N3O/c1-13-19(16-4-6-17(7-5-16)22(24,25)26)29-12-15(11-27-21(29)28-20(13)30)10-14-2-8-18(23)9-3-14/h2-9,13,15,19H,10-12H2,1H3,(H,27,28,30). The first kappa shape index (κ1) is 20.7. The zero-order chi connectivity index (χ0) is 21.5. The molecule has 158 valence electrons. The largest absolute Gasteiger partial charge is 0.416 e. The van der Waals surface area contributed by atoms with Crippen molar-refractivity contribution >= 4 is 23.5 Å². The molecule has 0 spiro atoms. The molecule has 8 heteroatoms. The molecular weight excluding hydrogens is 415 g/mol. The lowest BCUT2D eigenvalue weighted by Crippen LogP contribution is -2.59. The van der Waals surface area contributed by atoms with Gasteiger partial charge in [-0.2, -0.15) is 13.2 Å². The molecule has 1 fully saturated rings. The van der Waals surface area contributed by atoms with Gasteiger partial charge in [0.05, 0.1) is 17.5 Å². The zero-order valence-corrected chi connectivity index (χ0v) is 17.0. The Bertz CT molecular complexity index is 957. The number of guanidine groups is 1. The molecule has 1 N–H and O–H groups in total. The third kappa shape index (κ3) is 4.17. The van der Waals surface area contributed by atoms with Crippen molar-refractivity contribution < 1.29 is 18.0 Å². The number of hydrogen-bond acceptors (Lipinski definition) is 3. The maximum absolute atomic E-state index is 13.0. The van der Waals surface area contributed by atoms with Crippen LogP contribution in [0.2, 0.25) is 5.02 Å². The van der Waals surface area contributed by atoms with Crippen LogP contribution in [0.1, 0.15) is 29.7 Å². The highest BCUT2D eigenvalue weighted by Gasteiger charge is 2.41. The van der Waals surface area contributed by atoms with Gasteiger partial charge in [0.25, 0.3) is 0 Å². The lowest BCUT2D eigenvalue weighted by atomic mass is 9.87. The van der Waals surface area contributed by atoms with Crippen LogP contribution in [-0.4, -0.2) is 29.9 Å². The second-order valence-electron chi connectivity index (χ2n) is 7.86. The number of benzene rings is 2. The van der Waals surface area contributed by atoms with Crippen molar-refractivity contribution in [2.24, 2.45) is 16.8 Å². The second kappa shape index (κ2) is 7.95. The summed E-state index contributed by atoms with van der Waals surface area (Å²) in [7, 11) is 0. The Hall–Kier alpha value is -2.54. The SMILES string of the molecule is CC1C(=O)NC2=NCC(Cc3ccc(Cl)cc3)CN2C1c1ccc(C(F)(F)F)cc1. The first-order valence-electron chi connectivity index (χ1n) is 9.76. The predicted octanol–water partition coefficient (Wildman–Crippen LogP) is 4.70. The van der Waals surface area contributed by atoms with Crippen LogP contribution in [0.15, 0.2) is 53.5 Å². The van der Waals surface area contributed by atoms with E-state index in [0.717, 1.165) is 24.1 Å². The van der Waals surface area contributed by atoms with Gasteiger partial charge in [-0.05, 0) is 41.8 Å². The van der Waals surface area contributed by atoms with E-state index in [1.165, 1.54) is 12.1 Å². The normalized spacial score (nSPS) is 24.2. The van der Waals surface area contributed by atoms with Crippen LogP contribution in [0.4, 0.5) is 13.2 Å². The number of amides is 1. The van der Waals surface area contributed by atoms with Crippen molar-refractivity contribution in [2.45, 2.75) is 25.6 Å². The van der Waals surface area contributed by atoms with Crippen LogP contribution in [0.25, 0.3) is 0 Å². The van der Waals surface area contributed by atoms with Crippen LogP contribution < -0.4 is 5.32 Å². The highest BCUT2D eigenvalue weighted by Crippen LogP contribution is 2.36. The monoisotopic (exact) mass is 435 g/mol. The minimum absolute atomic E-state index is 0.175. The summed E-state index contributed by atoms with van der Waals surface area (Å²) in [6, 6.07) is 12.4. The van der Waals surface area contributed by atoms with E-state index in [0.29, 0.717) is 29.6 Å². The third-order valence-electron chi connectivity index (χ3n) is 5.70. The maximum atomic E-state index is 13.0. The van der Waals surface area contributed by atoms with Gasteiger partial charge in [-0.25, -0.2) is 0 Å². The Labute approximate surface area is 177 Å². The lowest BCUT2D eigenvalue weighted by Gasteiger charge is -2.45. The number of hydrogen-bond donors (Lipinski definition) is 1. The van der Waals surface area contributed by atoms with Crippen LogP contribution in [0.3, 0.4) is 0 Å². The van der Waals surface area contributed by atoms with Crippen LogP contribution in [0, 0.1) is 11.8 Å². The molecule has 3 unspecified atom stereocenters. The molecule has 2 aromatic carbocycles. The minimum Gasteiger partial charge on any atom is -0.334 e. The number of rotatable bonds is 3. The van der Waals surface area contributed by atoms with Gasteiger partial charge < -0.3 is 4.90 Å². The summed E-state index contributed by atoms with van der Waals surface area (Å²) in [6.45, 7) is 3.01. The number of fused-ring (bicyclic) bond motifs is 1. The molecule has 2 aliphatic heterocycles. The van der Waals surface area contributed by atoms with Gasteiger partial charge >= 0.3 is 6.18 Å². The predicted molar refractivity (Wildman–Crippen MR) is 109 cm³/mol. The third-order valence-corrected chi connectivity index (χ3v) is 5.95. The van der Waals surface area contributed by atoms with Gasteiger partial charge in [-0.15, -0.1) is 0 Å². The number of carbonyl (C=O) groups is 1. The van der Waals surface area contributed by atoms with E-state index in [2.05, 4.69) is 10.3 Å². The van der Waals surface area contributed by atoms with E-state index in [-0.39, 0.29) is 17.9 Å². The van der Waals surface area contributed by atoms with Crippen molar-refractivity contribution in [1.82, 2.24) is 10.2 Å². The summed E-state index contributed by atoms with van der Waals surface area (Å²) in [4.78, 5) is 19.0. The first-order valence-corrected chi connectivity index (χ1v) is 10.1. The summed E-state index contributed by atoms with van der Waals surface area (Å²) in [5, 5.41) is 3.51. The van der Waals surface area contributed by atoms with E-state index < -0.39 is 17.7 Å². The molecule has 1 amide bonds. The van der Waals surface area contributed by atoms with Gasteiger partial charge in [0, 0.05) is 24.0 Å². The average Bonchev–Trinajstić information content (AvgIpc) is 2.70. The van der Waals surface area contributed by atoms with Crippen LogP contribution in [0.5, 0.6) is 0 Å². The fourth-order valence-corrected chi connectivity index (χ4v) is 4.27. The molecule has 2 aliphatic rings. The van der Waals surface area contributed by atoms with Gasteiger partial charge in [-0.3, -0.25) is 15.1 Å². The number of carbonyl (C=O) groups excluding carboxylic acids is 1. The molecule has 0 bridgehead atoms. The lowest BCUT2D eigenvalue weighted by molar-refractivity contribution is -0.137. The van der Waals surface area contributed by atoms with Crippen molar-refractivity contribution in [3.8, 4) is 0 Å². The first-order chi connectivity index (χ1) is 14.2. The summed E-state index contributed by atoms with van der Waals surface area (Å²) in [5.41, 5.74) is 1.11. The summed E-state index contributed by atoms with van der Waals surface area (Å²) < 4.78 is 38.9. The van der Waals surface area contributed by atoms with Crippen LogP contribution in [-0.2, 0) is 17.4 Å². The Morgan fingerprint density at radius 3 is 2.43 bits per heavy atom. The minimum atomic E-state index is -4.39. The number of nitrogens with zero attached hydrogens (tertiary/aromatic N) is 2.